The number of carbonyl (C=O) groups is 1. The van der Waals surface area contributed by atoms with Crippen LogP contribution in [0, 0.1) is 5.92 Å². The normalized spacial score (nSPS) is 17.9. The van der Waals surface area contributed by atoms with Crippen molar-refractivity contribution in [2.24, 2.45) is 5.92 Å². The second-order valence-electron chi connectivity index (χ2n) is 4.80. The van der Waals surface area contributed by atoms with Gasteiger partial charge in [-0.2, -0.15) is 0 Å². The number of rotatable bonds is 3. The number of allylic oxidation sites excluding steroid dienone is 2. The third kappa shape index (κ3) is 2.77. The molecule has 0 radical (unpaired) electrons. The van der Waals surface area contributed by atoms with Crippen LogP contribution in [0.2, 0.25) is 0 Å². The average molecular weight is 269 g/mol. The number of anilines is 1. The van der Waals surface area contributed by atoms with E-state index in [-0.39, 0.29) is 11.8 Å². The van der Waals surface area contributed by atoms with Crippen molar-refractivity contribution in [1.29, 1.82) is 0 Å². The molecule has 5 heteroatoms. The molecule has 1 aromatic carbocycles. The van der Waals surface area contributed by atoms with Crippen LogP contribution in [-0.2, 0) is 4.79 Å². The number of hydrogen-bond acceptors (Lipinski definition) is 4. The van der Waals surface area contributed by atoms with Gasteiger partial charge in [0.25, 0.3) is 0 Å². The van der Waals surface area contributed by atoms with Crippen molar-refractivity contribution >= 4 is 11.6 Å². The molecule has 1 aliphatic rings. The van der Waals surface area contributed by atoms with Gasteiger partial charge in [-0.05, 0) is 37.5 Å². The summed E-state index contributed by atoms with van der Waals surface area (Å²) < 4.78 is 5.15. The monoisotopic (exact) mass is 269 g/mol. The molecular formula is C15H15N3O2. The lowest BCUT2D eigenvalue weighted by atomic mass is 9.93. The fourth-order valence-electron chi connectivity index (χ4n) is 2.30. The van der Waals surface area contributed by atoms with Gasteiger partial charge in [0.2, 0.25) is 18.2 Å². The number of amides is 1. The maximum Gasteiger partial charge on any atom is 0.247 e. The van der Waals surface area contributed by atoms with Gasteiger partial charge in [0.05, 0.1) is 0 Å². The predicted molar refractivity (Wildman–Crippen MR) is 74.8 cm³/mol. The summed E-state index contributed by atoms with van der Waals surface area (Å²) in [7, 11) is 0. The lowest BCUT2D eigenvalue weighted by Gasteiger charge is -2.17. The summed E-state index contributed by atoms with van der Waals surface area (Å²) in [5, 5.41) is 10.5. The largest absolute Gasteiger partial charge is 0.423 e. The molecule has 2 aromatic rings. The Morgan fingerprint density at radius 3 is 3.05 bits per heavy atom. The molecule has 0 bridgehead atoms. The zero-order chi connectivity index (χ0) is 13.8. The van der Waals surface area contributed by atoms with Gasteiger partial charge >= 0.3 is 0 Å². The maximum atomic E-state index is 12.2. The first-order valence-corrected chi connectivity index (χ1v) is 6.65. The Kier molecular flexibility index (Phi) is 3.58. The quantitative estimate of drug-likeness (QED) is 0.870. The zero-order valence-corrected chi connectivity index (χ0v) is 11.0. The second kappa shape index (κ2) is 5.69. The van der Waals surface area contributed by atoms with Gasteiger partial charge in [0.15, 0.2) is 0 Å². The van der Waals surface area contributed by atoms with E-state index in [1.165, 1.54) is 6.39 Å². The van der Waals surface area contributed by atoms with Crippen LogP contribution >= 0.6 is 0 Å². The van der Waals surface area contributed by atoms with E-state index in [4.69, 9.17) is 4.42 Å². The summed E-state index contributed by atoms with van der Waals surface area (Å²) in [6, 6.07) is 7.42. The van der Waals surface area contributed by atoms with E-state index in [0.29, 0.717) is 5.89 Å². The Morgan fingerprint density at radius 2 is 2.30 bits per heavy atom. The molecular weight excluding hydrogens is 254 g/mol. The Labute approximate surface area is 116 Å². The fourth-order valence-corrected chi connectivity index (χ4v) is 2.30. The summed E-state index contributed by atoms with van der Waals surface area (Å²) in [5.41, 5.74) is 1.55. The number of carbonyl (C=O) groups excluding carboxylic acids is 1. The van der Waals surface area contributed by atoms with E-state index in [1.807, 2.05) is 24.3 Å². The third-order valence-corrected chi connectivity index (χ3v) is 3.38. The van der Waals surface area contributed by atoms with Crippen LogP contribution in [0.25, 0.3) is 11.5 Å². The van der Waals surface area contributed by atoms with Crippen LogP contribution in [-0.4, -0.2) is 16.1 Å². The van der Waals surface area contributed by atoms with E-state index in [0.717, 1.165) is 30.5 Å². The Hall–Kier alpha value is -2.43. The van der Waals surface area contributed by atoms with Crippen LogP contribution in [0.1, 0.15) is 19.3 Å². The molecule has 3 rings (SSSR count). The van der Waals surface area contributed by atoms with Gasteiger partial charge in [0, 0.05) is 17.2 Å². The highest BCUT2D eigenvalue weighted by Crippen LogP contribution is 2.23. The van der Waals surface area contributed by atoms with Crippen LogP contribution in [0.4, 0.5) is 5.69 Å². The van der Waals surface area contributed by atoms with Gasteiger partial charge in [-0.3, -0.25) is 4.79 Å². The Balaban J connectivity index is 1.73. The van der Waals surface area contributed by atoms with Crippen molar-refractivity contribution in [2.75, 3.05) is 5.32 Å². The van der Waals surface area contributed by atoms with Crippen molar-refractivity contribution < 1.29 is 9.21 Å². The van der Waals surface area contributed by atoms with E-state index < -0.39 is 0 Å². The Bertz CT molecular complexity index is 620. The average Bonchev–Trinajstić information content (AvgIpc) is 3.03. The van der Waals surface area contributed by atoms with Crippen molar-refractivity contribution in [3.8, 4) is 11.5 Å². The number of hydrogen-bond donors (Lipinski definition) is 1. The predicted octanol–water partition coefficient (Wildman–Crippen LogP) is 3.03. The van der Waals surface area contributed by atoms with Crippen LogP contribution in [0.5, 0.6) is 0 Å². The van der Waals surface area contributed by atoms with Crippen LogP contribution in [0.3, 0.4) is 0 Å². The first-order chi connectivity index (χ1) is 9.83. The third-order valence-electron chi connectivity index (χ3n) is 3.38. The number of benzene rings is 1. The minimum Gasteiger partial charge on any atom is -0.423 e. The first-order valence-electron chi connectivity index (χ1n) is 6.65. The zero-order valence-electron chi connectivity index (χ0n) is 11.0. The first kappa shape index (κ1) is 12.6. The lowest BCUT2D eigenvalue weighted by molar-refractivity contribution is -0.120. The molecule has 0 aliphatic heterocycles. The van der Waals surface area contributed by atoms with Crippen molar-refractivity contribution in [3.05, 3.63) is 42.8 Å². The van der Waals surface area contributed by atoms with Crippen LogP contribution < -0.4 is 5.32 Å². The minimum absolute atomic E-state index is 0.0621. The molecule has 102 valence electrons. The highest BCUT2D eigenvalue weighted by Gasteiger charge is 2.18. The summed E-state index contributed by atoms with van der Waals surface area (Å²) in [6.07, 6.45) is 8.18. The molecule has 1 amide bonds. The molecule has 20 heavy (non-hydrogen) atoms. The maximum absolute atomic E-state index is 12.2. The Morgan fingerprint density at radius 1 is 1.35 bits per heavy atom. The molecule has 0 saturated heterocycles. The SMILES string of the molecule is O=C(Nc1cccc(-c2nnco2)c1)C1CC=CCC1. The van der Waals surface area contributed by atoms with E-state index in [2.05, 4.69) is 27.7 Å². The van der Waals surface area contributed by atoms with Crippen molar-refractivity contribution in [3.63, 3.8) is 0 Å². The van der Waals surface area contributed by atoms with Gasteiger partial charge in [-0.25, -0.2) is 0 Å². The highest BCUT2D eigenvalue weighted by atomic mass is 16.4. The molecule has 1 aliphatic carbocycles. The van der Waals surface area contributed by atoms with E-state index in [1.54, 1.807) is 0 Å². The molecule has 1 unspecified atom stereocenters. The topological polar surface area (TPSA) is 68.0 Å². The van der Waals surface area contributed by atoms with E-state index in [9.17, 15) is 4.79 Å². The highest BCUT2D eigenvalue weighted by molar-refractivity contribution is 5.93. The smallest absolute Gasteiger partial charge is 0.247 e. The van der Waals surface area contributed by atoms with Gasteiger partial charge < -0.3 is 9.73 Å². The fraction of sp³-hybridized carbons (Fsp3) is 0.267. The molecule has 1 atom stereocenters. The molecule has 1 aromatic heterocycles. The van der Waals surface area contributed by atoms with E-state index >= 15 is 0 Å². The standard InChI is InChI=1S/C15H15N3O2/c19-14(11-5-2-1-3-6-11)17-13-8-4-7-12(9-13)15-18-16-10-20-15/h1-2,4,7-11H,3,5-6H2,(H,17,19). The molecule has 0 spiro atoms. The van der Waals surface area contributed by atoms with Crippen molar-refractivity contribution in [1.82, 2.24) is 10.2 Å². The van der Waals surface area contributed by atoms with Gasteiger partial charge in [-0.15, -0.1) is 10.2 Å². The number of nitrogens with zero attached hydrogens (tertiary/aromatic N) is 2. The number of aromatic nitrogens is 2. The molecule has 5 nitrogen and oxygen atoms in total. The van der Waals surface area contributed by atoms with Gasteiger partial charge in [-0.1, -0.05) is 18.2 Å². The summed E-state index contributed by atoms with van der Waals surface area (Å²) in [6.45, 7) is 0. The molecule has 0 saturated carbocycles. The van der Waals surface area contributed by atoms with Gasteiger partial charge in [0.1, 0.15) is 0 Å². The summed E-state index contributed by atoms with van der Waals surface area (Å²) in [5.74, 6) is 0.575. The van der Waals surface area contributed by atoms with Crippen LogP contribution in [0.15, 0.2) is 47.2 Å². The van der Waals surface area contributed by atoms with Crippen molar-refractivity contribution in [2.45, 2.75) is 19.3 Å². The second-order valence-corrected chi connectivity index (χ2v) is 4.80. The molecule has 1 heterocycles. The summed E-state index contributed by atoms with van der Waals surface area (Å²) in [4.78, 5) is 12.2. The molecule has 1 N–H and O–H groups in total. The minimum atomic E-state index is 0.0621. The summed E-state index contributed by atoms with van der Waals surface area (Å²) >= 11 is 0. The molecule has 0 fully saturated rings. The lowest BCUT2D eigenvalue weighted by Crippen LogP contribution is -2.23. The number of nitrogens with one attached hydrogen (secondary N) is 1.